The third-order valence-electron chi connectivity index (χ3n) is 5.91. The number of rotatable bonds is 8. The third-order valence-corrected chi connectivity index (χ3v) is 6.77. The second-order valence-electron chi connectivity index (χ2n) is 9.81. The van der Waals surface area contributed by atoms with Gasteiger partial charge in [-0.2, -0.15) is 4.98 Å². The average Bonchev–Trinajstić information content (AvgIpc) is 2.78. The maximum absolute atomic E-state index is 12.0. The Morgan fingerprint density at radius 3 is 2.60 bits per heavy atom. The topological polar surface area (TPSA) is 131 Å². The quantitative estimate of drug-likeness (QED) is 0.288. The van der Waals surface area contributed by atoms with Crippen LogP contribution in [0.1, 0.15) is 57.6 Å². The molecule has 1 fully saturated rings. The van der Waals surface area contributed by atoms with Gasteiger partial charge in [0.2, 0.25) is 11.8 Å². The summed E-state index contributed by atoms with van der Waals surface area (Å²) in [5.74, 6) is 0.845. The molecule has 1 amide bonds. The highest BCUT2D eigenvalue weighted by Crippen LogP contribution is 2.28. The number of nitrogens with one attached hydrogen (secondary N) is 3. The predicted octanol–water partition coefficient (Wildman–Crippen LogP) is 5.56. The summed E-state index contributed by atoms with van der Waals surface area (Å²) in [6.07, 6.45) is 4.27. The Labute approximate surface area is 213 Å². The van der Waals surface area contributed by atoms with Crippen molar-refractivity contribution in [2.24, 2.45) is 5.92 Å². The van der Waals surface area contributed by atoms with Gasteiger partial charge >= 0.3 is 11.8 Å². The van der Waals surface area contributed by atoms with E-state index in [0.717, 1.165) is 41.3 Å². The van der Waals surface area contributed by atoms with Gasteiger partial charge in [0.15, 0.2) is 0 Å². The number of hydrogen-bond acceptors (Lipinski definition) is 8. The van der Waals surface area contributed by atoms with Crippen molar-refractivity contribution in [3.8, 4) is 0 Å². The minimum Gasteiger partial charge on any atom is -0.444 e. The van der Waals surface area contributed by atoms with E-state index in [1.165, 1.54) is 6.20 Å². The maximum Gasteiger partial charge on any atom is 0.407 e. The Hall–Kier alpha value is -2.95. The van der Waals surface area contributed by atoms with Gasteiger partial charge in [-0.1, -0.05) is 28.1 Å². The maximum atomic E-state index is 12.0. The van der Waals surface area contributed by atoms with E-state index in [-0.39, 0.29) is 17.5 Å². The third kappa shape index (κ3) is 8.05. The van der Waals surface area contributed by atoms with Crippen LogP contribution in [0.25, 0.3) is 0 Å². The lowest BCUT2D eigenvalue weighted by molar-refractivity contribution is -0.384. The molecule has 1 aliphatic rings. The standard InChI is InChI=1S/C24H33BrN6O4/c1-15-17(6-5-7-19(15)25)13-27-22-28-14-20(31(33)34)21(30-22)26-12-16-8-10-18(11-9-16)29-23(32)35-24(2,3)4/h5-7,14,16,18H,8-13H2,1-4H3,(H,29,32)(H2,26,27,28,30)/t16-,18-. The molecule has 1 heterocycles. The molecule has 0 aliphatic heterocycles. The average molecular weight is 549 g/mol. The Kier molecular flexibility index (Phi) is 8.87. The molecule has 0 bridgehead atoms. The molecule has 0 spiro atoms. The number of nitrogens with zero attached hydrogens (tertiary/aromatic N) is 3. The summed E-state index contributed by atoms with van der Waals surface area (Å²) in [6, 6.07) is 6.01. The zero-order chi connectivity index (χ0) is 25.6. The second-order valence-corrected chi connectivity index (χ2v) is 10.7. The number of aromatic nitrogens is 2. The van der Waals surface area contributed by atoms with Crippen LogP contribution in [-0.2, 0) is 11.3 Å². The van der Waals surface area contributed by atoms with Gasteiger partial charge in [0.25, 0.3) is 0 Å². The molecule has 3 rings (SSSR count). The van der Waals surface area contributed by atoms with Crippen molar-refractivity contribution >= 4 is 39.5 Å². The SMILES string of the molecule is Cc1c(Br)cccc1CNc1ncc([N+](=O)[O-])c(NC[C@H]2CC[C@H](NC(=O)OC(C)(C)C)CC2)n1. The Morgan fingerprint density at radius 1 is 1.23 bits per heavy atom. The van der Waals surface area contributed by atoms with E-state index in [1.807, 2.05) is 45.9 Å². The van der Waals surface area contributed by atoms with Crippen molar-refractivity contribution in [3.05, 3.63) is 50.1 Å². The van der Waals surface area contributed by atoms with Gasteiger partial charge in [-0.25, -0.2) is 9.78 Å². The smallest absolute Gasteiger partial charge is 0.407 e. The van der Waals surface area contributed by atoms with Gasteiger partial charge in [0, 0.05) is 23.6 Å². The molecule has 1 aromatic carbocycles. The lowest BCUT2D eigenvalue weighted by atomic mass is 9.86. The van der Waals surface area contributed by atoms with E-state index < -0.39 is 16.6 Å². The molecule has 1 saturated carbocycles. The van der Waals surface area contributed by atoms with Crippen molar-refractivity contribution in [1.82, 2.24) is 15.3 Å². The first-order valence-corrected chi connectivity index (χ1v) is 12.5. The Balaban J connectivity index is 1.55. The monoisotopic (exact) mass is 548 g/mol. The number of alkyl carbamates (subject to hydrolysis) is 1. The summed E-state index contributed by atoms with van der Waals surface area (Å²) in [7, 11) is 0. The van der Waals surface area contributed by atoms with E-state index in [1.54, 1.807) is 0 Å². The predicted molar refractivity (Wildman–Crippen MR) is 138 cm³/mol. The zero-order valence-corrected chi connectivity index (χ0v) is 22.1. The molecule has 190 valence electrons. The normalized spacial score (nSPS) is 18.0. The molecule has 35 heavy (non-hydrogen) atoms. The van der Waals surface area contributed by atoms with E-state index in [2.05, 4.69) is 41.8 Å². The molecular formula is C24H33BrN6O4. The van der Waals surface area contributed by atoms with Gasteiger partial charge in [-0.15, -0.1) is 0 Å². The fraction of sp³-hybridized carbons (Fsp3) is 0.542. The van der Waals surface area contributed by atoms with Gasteiger partial charge in [-0.05, 0) is 76.5 Å². The van der Waals surface area contributed by atoms with Gasteiger partial charge in [0.1, 0.15) is 11.8 Å². The van der Waals surface area contributed by atoms with E-state index >= 15 is 0 Å². The van der Waals surface area contributed by atoms with Gasteiger partial charge in [-0.3, -0.25) is 10.1 Å². The molecule has 11 heteroatoms. The number of amides is 1. The molecule has 10 nitrogen and oxygen atoms in total. The summed E-state index contributed by atoms with van der Waals surface area (Å²) in [5, 5.41) is 20.7. The van der Waals surface area contributed by atoms with E-state index in [9.17, 15) is 14.9 Å². The summed E-state index contributed by atoms with van der Waals surface area (Å²) in [6.45, 7) is 8.58. The molecule has 1 aliphatic carbocycles. The number of hydrogen-bond donors (Lipinski definition) is 3. The molecule has 2 aromatic rings. The minimum atomic E-state index is -0.526. The van der Waals surface area contributed by atoms with Crippen molar-refractivity contribution in [1.29, 1.82) is 0 Å². The zero-order valence-electron chi connectivity index (χ0n) is 20.6. The lowest BCUT2D eigenvalue weighted by Crippen LogP contribution is -2.41. The highest BCUT2D eigenvalue weighted by Gasteiger charge is 2.26. The first kappa shape index (κ1) is 26.7. The molecule has 0 radical (unpaired) electrons. The molecular weight excluding hydrogens is 516 g/mol. The molecule has 3 N–H and O–H groups in total. The summed E-state index contributed by atoms with van der Waals surface area (Å²) in [5.41, 5.74) is 1.50. The summed E-state index contributed by atoms with van der Waals surface area (Å²) < 4.78 is 6.34. The summed E-state index contributed by atoms with van der Waals surface area (Å²) in [4.78, 5) is 31.5. The van der Waals surface area contributed by atoms with Crippen LogP contribution in [0.15, 0.2) is 28.9 Å². The van der Waals surface area contributed by atoms with Crippen LogP contribution in [-0.4, -0.2) is 39.2 Å². The van der Waals surface area contributed by atoms with Crippen molar-refractivity contribution in [3.63, 3.8) is 0 Å². The molecule has 0 unspecified atom stereocenters. The highest BCUT2D eigenvalue weighted by molar-refractivity contribution is 9.10. The molecule has 0 saturated heterocycles. The first-order chi connectivity index (χ1) is 16.5. The largest absolute Gasteiger partial charge is 0.444 e. The Morgan fingerprint density at radius 2 is 1.94 bits per heavy atom. The number of benzene rings is 1. The van der Waals surface area contributed by atoms with Crippen LogP contribution in [0.2, 0.25) is 0 Å². The number of carbonyl (C=O) groups excluding carboxylic acids is 1. The van der Waals surface area contributed by atoms with Crippen molar-refractivity contribution < 1.29 is 14.5 Å². The highest BCUT2D eigenvalue weighted by atomic mass is 79.9. The first-order valence-electron chi connectivity index (χ1n) is 11.7. The van der Waals surface area contributed by atoms with E-state index in [4.69, 9.17) is 4.74 Å². The van der Waals surface area contributed by atoms with Crippen molar-refractivity contribution in [2.45, 2.75) is 71.6 Å². The molecule has 1 aromatic heterocycles. The fourth-order valence-corrected chi connectivity index (χ4v) is 4.38. The van der Waals surface area contributed by atoms with Crippen LogP contribution >= 0.6 is 15.9 Å². The Bertz CT molecular complexity index is 1050. The van der Waals surface area contributed by atoms with Crippen molar-refractivity contribution in [2.75, 3.05) is 17.2 Å². The van der Waals surface area contributed by atoms with Crippen LogP contribution in [0, 0.1) is 23.0 Å². The van der Waals surface area contributed by atoms with Crippen LogP contribution in [0.3, 0.4) is 0 Å². The fourth-order valence-electron chi connectivity index (χ4n) is 3.97. The molecule has 0 atom stereocenters. The number of ether oxygens (including phenoxy) is 1. The summed E-state index contributed by atoms with van der Waals surface area (Å²) >= 11 is 3.52. The van der Waals surface area contributed by atoms with Crippen LogP contribution < -0.4 is 16.0 Å². The van der Waals surface area contributed by atoms with Crippen LogP contribution in [0.5, 0.6) is 0 Å². The van der Waals surface area contributed by atoms with Gasteiger partial charge in [0.05, 0.1) is 4.92 Å². The number of halogens is 1. The number of nitro groups is 1. The second kappa shape index (κ2) is 11.7. The lowest BCUT2D eigenvalue weighted by Gasteiger charge is -2.30. The number of carbonyl (C=O) groups is 1. The minimum absolute atomic E-state index is 0.0757. The van der Waals surface area contributed by atoms with Gasteiger partial charge < -0.3 is 20.7 Å². The van der Waals surface area contributed by atoms with E-state index in [0.29, 0.717) is 25.0 Å². The van der Waals surface area contributed by atoms with Crippen LogP contribution in [0.4, 0.5) is 22.2 Å². The number of anilines is 2.